The number of rotatable bonds is 0. The van der Waals surface area contributed by atoms with Crippen LogP contribution in [0.15, 0.2) is 179 Å². The lowest BCUT2D eigenvalue weighted by Crippen LogP contribution is -2.26. The van der Waals surface area contributed by atoms with Gasteiger partial charge in [-0.05, 0) is 98.8 Å². The Labute approximate surface area is 338 Å². The van der Waals surface area contributed by atoms with Gasteiger partial charge in [-0.25, -0.2) is 14.5 Å². The third kappa shape index (κ3) is 6.29. The molecule has 0 unspecified atom stereocenters. The first kappa shape index (κ1) is 35.6. The van der Waals surface area contributed by atoms with Crippen LogP contribution in [0, 0.1) is 13.8 Å². The normalized spacial score (nSPS) is 11.4. The van der Waals surface area contributed by atoms with Gasteiger partial charge in [0.15, 0.2) is 16.6 Å². The summed E-state index contributed by atoms with van der Waals surface area (Å²) in [5, 5.41) is 4.54. The van der Waals surface area contributed by atoms with Gasteiger partial charge in [0.1, 0.15) is 11.2 Å². The Morgan fingerprint density at radius 2 is 1.24 bits per heavy atom. The van der Waals surface area contributed by atoms with Gasteiger partial charge in [-0.1, -0.05) is 65.7 Å². The fourth-order valence-corrected chi connectivity index (χ4v) is 7.98. The minimum Gasteiger partial charge on any atom is -0.454 e. The second kappa shape index (κ2) is 14.6. The fraction of sp³-hybridized carbons (Fsp3) is 0.0800. The molecule has 8 aromatic heterocycles. The van der Waals surface area contributed by atoms with Gasteiger partial charge in [0.25, 0.3) is 5.65 Å². The molecule has 0 atom stereocenters. The smallest absolute Gasteiger partial charge is 0.286 e. The minimum atomic E-state index is 0.716. The van der Waals surface area contributed by atoms with Crippen molar-refractivity contribution in [3.05, 3.63) is 182 Å². The van der Waals surface area contributed by atoms with Crippen molar-refractivity contribution in [2.24, 2.45) is 14.1 Å². The molecule has 0 aliphatic heterocycles. The van der Waals surface area contributed by atoms with Gasteiger partial charge in [-0.15, -0.1) is 0 Å². The number of fused-ring (bicyclic) bond motifs is 14. The highest BCUT2D eigenvalue weighted by Gasteiger charge is 2.14. The van der Waals surface area contributed by atoms with Gasteiger partial charge >= 0.3 is 0 Å². The molecule has 0 saturated carbocycles. The summed E-state index contributed by atoms with van der Waals surface area (Å²) in [6.45, 7) is 4.16. The van der Waals surface area contributed by atoms with E-state index in [4.69, 9.17) is 8.83 Å². The van der Waals surface area contributed by atoms with Crippen molar-refractivity contribution in [2.45, 2.75) is 13.8 Å². The summed E-state index contributed by atoms with van der Waals surface area (Å²) < 4.78 is 20.0. The van der Waals surface area contributed by atoms with Gasteiger partial charge in [0.2, 0.25) is 11.5 Å². The highest BCUT2D eigenvalue weighted by Crippen LogP contribution is 2.29. The van der Waals surface area contributed by atoms with Crippen LogP contribution in [0.2, 0.25) is 0 Å². The van der Waals surface area contributed by atoms with E-state index in [-0.39, 0.29) is 0 Å². The standard InChI is InChI=1S/C14H11N3.C12H11N2.2C12H9NO/c1-16-12-8-4-5-9-13(12)17-11-7-3-2-6-10(11)15-14(16)17;1-13-10-6-2-3-7-11(10)14-9-5-4-8-12(13)14;1-8-2-3-11-10(6-8)9-4-5-13-7-12(9)14-11;1-8-4-5-11-10(7-8)9-3-2-6-13-12(9)14-11/h2-9H,1H3;2-9H,1H3;2*2-7H,1H3/q;+1;;. The number of aryl methyl sites for hydroxylation is 4. The van der Waals surface area contributed by atoms with Crippen molar-refractivity contribution >= 4 is 88.5 Å². The molecular weight excluding hydrogens is 731 g/mol. The summed E-state index contributed by atoms with van der Waals surface area (Å²) in [5.41, 5.74) is 14.3. The number of imidazole rings is 3. The largest absolute Gasteiger partial charge is 0.454 e. The molecule has 9 heteroatoms. The molecule has 0 aliphatic carbocycles. The number of para-hydroxylation sites is 6. The van der Waals surface area contributed by atoms with Crippen LogP contribution in [-0.2, 0) is 14.1 Å². The van der Waals surface area contributed by atoms with Crippen LogP contribution in [0.5, 0.6) is 0 Å². The SMILES string of the molecule is C[n+]1c2ccccc2n2ccccc21.Cc1ccc2oc3cnccc3c2c1.Cc1ccc2oc3ncccc3c2c1.Cn1c2ccccc2n2c3ccccc3nc12. The summed E-state index contributed by atoms with van der Waals surface area (Å²) in [5.74, 6) is 0.993. The van der Waals surface area contributed by atoms with Crippen LogP contribution in [0.25, 0.3) is 88.5 Å². The Morgan fingerprint density at radius 3 is 2.05 bits per heavy atom. The van der Waals surface area contributed by atoms with E-state index in [2.05, 4.69) is 170 Å². The number of aromatic nitrogens is 7. The van der Waals surface area contributed by atoms with Crippen LogP contribution < -0.4 is 4.57 Å². The maximum absolute atomic E-state index is 5.64. The number of nitrogens with zero attached hydrogens (tertiary/aromatic N) is 7. The Balaban J connectivity index is 0.0000000954. The molecule has 0 bridgehead atoms. The van der Waals surface area contributed by atoms with E-state index in [0.717, 1.165) is 44.2 Å². The third-order valence-corrected chi connectivity index (χ3v) is 10.8. The van der Waals surface area contributed by atoms with E-state index in [0.29, 0.717) is 5.71 Å². The van der Waals surface area contributed by atoms with Crippen molar-refractivity contribution in [1.82, 2.24) is 28.3 Å². The van der Waals surface area contributed by atoms with Crippen molar-refractivity contribution < 1.29 is 13.4 Å². The first-order valence-electron chi connectivity index (χ1n) is 19.5. The Bertz CT molecular complexity index is 3470. The van der Waals surface area contributed by atoms with Crippen LogP contribution in [0.4, 0.5) is 0 Å². The molecule has 8 heterocycles. The van der Waals surface area contributed by atoms with Crippen molar-refractivity contribution in [1.29, 1.82) is 0 Å². The van der Waals surface area contributed by atoms with Crippen LogP contribution in [-0.4, -0.2) is 28.3 Å². The number of benzene rings is 5. The molecule has 13 aromatic rings. The van der Waals surface area contributed by atoms with Crippen molar-refractivity contribution in [3.63, 3.8) is 0 Å². The molecule has 0 spiro atoms. The Morgan fingerprint density at radius 1 is 0.559 bits per heavy atom. The van der Waals surface area contributed by atoms with E-state index in [1.165, 1.54) is 49.7 Å². The molecule has 59 heavy (non-hydrogen) atoms. The molecule has 9 nitrogen and oxygen atoms in total. The maximum atomic E-state index is 5.64. The molecule has 286 valence electrons. The zero-order valence-electron chi connectivity index (χ0n) is 33.1. The number of hydrogen-bond donors (Lipinski definition) is 0. The van der Waals surface area contributed by atoms with Gasteiger partial charge < -0.3 is 13.4 Å². The molecule has 5 aromatic carbocycles. The summed E-state index contributed by atoms with van der Waals surface area (Å²) >= 11 is 0. The summed E-state index contributed by atoms with van der Waals surface area (Å²) in [4.78, 5) is 12.9. The Kier molecular flexibility index (Phi) is 8.83. The van der Waals surface area contributed by atoms with E-state index in [9.17, 15) is 0 Å². The number of hydrogen-bond acceptors (Lipinski definition) is 5. The lowest BCUT2D eigenvalue weighted by molar-refractivity contribution is -0.618. The molecule has 0 radical (unpaired) electrons. The average molecular weight is 771 g/mol. The molecule has 0 fully saturated rings. The molecular formula is C50H40N7O2+. The van der Waals surface area contributed by atoms with Crippen LogP contribution in [0.3, 0.4) is 0 Å². The molecule has 0 aliphatic rings. The highest BCUT2D eigenvalue weighted by molar-refractivity contribution is 6.05. The monoisotopic (exact) mass is 770 g/mol. The van der Waals surface area contributed by atoms with Gasteiger partial charge in [-0.3, -0.25) is 9.38 Å². The predicted molar refractivity (Wildman–Crippen MR) is 238 cm³/mol. The maximum Gasteiger partial charge on any atom is 0.286 e. The van der Waals surface area contributed by atoms with Crippen molar-refractivity contribution in [2.75, 3.05) is 0 Å². The van der Waals surface area contributed by atoms with Crippen molar-refractivity contribution in [3.8, 4) is 0 Å². The fourth-order valence-electron chi connectivity index (χ4n) is 7.98. The predicted octanol–water partition coefficient (Wildman–Crippen LogP) is 11.5. The molecule has 0 amide bonds. The zero-order chi connectivity index (χ0) is 40.0. The lowest BCUT2D eigenvalue weighted by Gasteiger charge is -1.94. The minimum absolute atomic E-state index is 0.716. The highest BCUT2D eigenvalue weighted by atomic mass is 16.3. The van der Waals surface area contributed by atoms with E-state index in [1.54, 1.807) is 18.6 Å². The first-order chi connectivity index (χ1) is 28.9. The zero-order valence-corrected chi connectivity index (χ0v) is 33.1. The van der Waals surface area contributed by atoms with Gasteiger partial charge in [-0.2, -0.15) is 4.40 Å². The quantitative estimate of drug-likeness (QED) is 0.143. The van der Waals surface area contributed by atoms with Gasteiger partial charge in [0, 0.05) is 47.1 Å². The summed E-state index contributed by atoms with van der Waals surface area (Å²) in [7, 11) is 4.15. The van der Waals surface area contributed by atoms with E-state index < -0.39 is 0 Å². The summed E-state index contributed by atoms with van der Waals surface area (Å²) in [6.07, 6.45) is 7.39. The number of furan rings is 2. The van der Waals surface area contributed by atoms with Gasteiger partial charge in [0.05, 0.1) is 41.5 Å². The second-order valence-corrected chi connectivity index (χ2v) is 14.7. The Hall–Kier alpha value is -7.78. The topological polar surface area (TPSA) is 82.6 Å². The molecule has 13 rings (SSSR count). The van der Waals surface area contributed by atoms with Crippen LogP contribution in [0.1, 0.15) is 11.1 Å². The molecule has 0 saturated heterocycles. The lowest BCUT2D eigenvalue weighted by atomic mass is 10.1. The van der Waals surface area contributed by atoms with E-state index in [1.807, 2.05) is 42.5 Å². The van der Waals surface area contributed by atoms with E-state index >= 15 is 0 Å². The molecule has 0 N–H and O–H groups in total. The number of pyridine rings is 3. The summed E-state index contributed by atoms with van der Waals surface area (Å²) in [6, 6.07) is 49.6. The third-order valence-electron chi connectivity index (χ3n) is 10.8. The van der Waals surface area contributed by atoms with Crippen LogP contribution >= 0.6 is 0 Å². The second-order valence-electron chi connectivity index (χ2n) is 14.7. The average Bonchev–Trinajstić information content (AvgIpc) is 4.08. The first-order valence-corrected chi connectivity index (χ1v) is 19.5.